The Morgan fingerprint density at radius 3 is 2.51 bits per heavy atom. The molecule has 0 aliphatic rings. The zero-order valence-corrected chi connectivity index (χ0v) is 23.8. The first-order valence-electron chi connectivity index (χ1n) is 12.6. The molecule has 0 aliphatic carbocycles. The third-order valence-electron chi connectivity index (χ3n) is 5.62. The van der Waals surface area contributed by atoms with Crippen molar-refractivity contribution in [3.8, 4) is 5.75 Å². The molecule has 0 bridgehead atoms. The van der Waals surface area contributed by atoms with Crippen LogP contribution in [-0.2, 0) is 16.1 Å². The van der Waals surface area contributed by atoms with E-state index in [0.29, 0.717) is 43.0 Å². The number of benzene rings is 2. The van der Waals surface area contributed by atoms with Crippen LogP contribution in [0, 0.1) is 0 Å². The minimum absolute atomic E-state index is 0.0290. The predicted molar refractivity (Wildman–Crippen MR) is 158 cm³/mol. The van der Waals surface area contributed by atoms with E-state index in [1.807, 2.05) is 42.5 Å². The molecule has 0 atom stereocenters. The van der Waals surface area contributed by atoms with Crippen LogP contribution in [0.5, 0.6) is 5.75 Å². The SMILES string of the molecule is O=C(O)C(F)(F)F.OCCOCCNc1ccc2c(c1)sc1ncnc(Nc3ccc(OCc4ccccn4)c(Cl)c3)c12. The Hall–Kier alpha value is -4.24. The van der Waals surface area contributed by atoms with Crippen molar-refractivity contribution in [2.45, 2.75) is 12.8 Å². The van der Waals surface area contributed by atoms with E-state index < -0.39 is 12.1 Å². The molecule has 3 heterocycles. The van der Waals surface area contributed by atoms with Crippen molar-refractivity contribution in [1.29, 1.82) is 0 Å². The lowest BCUT2D eigenvalue weighted by Crippen LogP contribution is -2.21. The normalized spacial score (nSPS) is 11.2. The van der Waals surface area contributed by atoms with Gasteiger partial charge in [0.1, 0.15) is 29.3 Å². The average molecular weight is 636 g/mol. The van der Waals surface area contributed by atoms with Crippen LogP contribution in [0.3, 0.4) is 0 Å². The molecule has 0 radical (unpaired) electrons. The number of halogens is 4. The van der Waals surface area contributed by atoms with Gasteiger partial charge in [-0.05, 0) is 42.5 Å². The maximum atomic E-state index is 10.6. The van der Waals surface area contributed by atoms with Gasteiger partial charge in [0.05, 0.1) is 35.9 Å². The summed E-state index contributed by atoms with van der Waals surface area (Å²) in [7, 11) is 0. The molecule has 0 saturated heterocycles. The minimum Gasteiger partial charge on any atom is -0.486 e. The average Bonchev–Trinajstić information content (AvgIpc) is 3.36. The summed E-state index contributed by atoms with van der Waals surface area (Å²) in [5.74, 6) is -1.46. The first kappa shape index (κ1) is 31.7. The first-order chi connectivity index (χ1) is 20.7. The second-order valence-electron chi connectivity index (χ2n) is 8.66. The van der Waals surface area contributed by atoms with Crippen LogP contribution < -0.4 is 15.4 Å². The molecule has 2 aromatic carbocycles. The molecule has 0 unspecified atom stereocenters. The van der Waals surface area contributed by atoms with E-state index in [4.69, 9.17) is 36.1 Å². The van der Waals surface area contributed by atoms with Gasteiger partial charge in [-0.1, -0.05) is 23.7 Å². The number of anilines is 3. The maximum Gasteiger partial charge on any atom is 0.490 e. The molecule has 10 nitrogen and oxygen atoms in total. The summed E-state index contributed by atoms with van der Waals surface area (Å²) in [6.45, 7) is 1.90. The molecular formula is C28H25ClF3N5O5S. The molecule has 0 spiro atoms. The number of fused-ring (bicyclic) bond motifs is 3. The Kier molecular flexibility index (Phi) is 10.9. The van der Waals surface area contributed by atoms with Crippen LogP contribution >= 0.6 is 22.9 Å². The summed E-state index contributed by atoms with van der Waals surface area (Å²) in [6, 6.07) is 17.4. The van der Waals surface area contributed by atoms with Gasteiger partial charge in [0.2, 0.25) is 0 Å². The van der Waals surface area contributed by atoms with Gasteiger partial charge in [0.25, 0.3) is 0 Å². The quantitative estimate of drug-likeness (QED) is 0.123. The molecule has 0 saturated carbocycles. The number of aliphatic hydroxyl groups is 1. The molecule has 5 aromatic rings. The number of pyridine rings is 1. The highest BCUT2D eigenvalue weighted by Crippen LogP contribution is 2.38. The summed E-state index contributed by atoms with van der Waals surface area (Å²) in [6.07, 6.45) is -1.79. The van der Waals surface area contributed by atoms with E-state index in [-0.39, 0.29) is 6.61 Å². The largest absolute Gasteiger partial charge is 0.490 e. The van der Waals surface area contributed by atoms with Crippen molar-refractivity contribution in [2.75, 3.05) is 37.0 Å². The zero-order chi connectivity index (χ0) is 30.8. The summed E-state index contributed by atoms with van der Waals surface area (Å²) >= 11 is 8.11. The van der Waals surface area contributed by atoms with E-state index >= 15 is 0 Å². The molecule has 0 amide bonds. The van der Waals surface area contributed by atoms with E-state index in [2.05, 4.69) is 37.7 Å². The number of aliphatic hydroxyl groups excluding tert-OH is 1. The third kappa shape index (κ3) is 8.88. The number of nitrogens with zero attached hydrogens (tertiary/aromatic N) is 3. The molecule has 0 fully saturated rings. The zero-order valence-electron chi connectivity index (χ0n) is 22.3. The highest BCUT2D eigenvalue weighted by atomic mass is 35.5. The van der Waals surface area contributed by atoms with Crippen molar-refractivity contribution in [1.82, 2.24) is 15.0 Å². The van der Waals surface area contributed by atoms with Crippen molar-refractivity contribution in [3.05, 3.63) is 77.8 Å². The minimum atomic E-state index is -5.08. The van der Waals surface area contributed by atoms with Gasteiger partial charge in [0.15, 0.2) is 0 Å². The summed E-state index contributed by atoms with van der Waals surface area (Å²) in [4.78, 5) is 23.0. The molecule has 15 heteroatoms. The number of hydrogen-bond donors (Lipinski definition) is 4. The van der Waals surface area contributed by atoms with Crippen molar-refractivity contribution in [3.63, 3.8) is 0 Å². The smallest absolute Gasteiger partial charge is 0.486 e. The fourth-order valence-electron chi connectivity index (χ4n) is 3.71. The standard InChI is InChI=1S/C26H24ClN5O3S.C2HF3O2/c27-21-13-18(5-7-22(21)35-15-19-3-1-2-8-28-19)32-25-24-20-6-4-17(29-9-11-34-12-10-33)14-23(20)36-26(24)31-16-30-25;3-2(4,5)1(6)7/h1-8,13-14,16,29,33H,9-12,15H2,(H,30,31,32);(H,6,7). The monoisotopic (exact) mass is 635 g/mol. The van der Waals surface area contributed by atoms with Crippen LogP contribution in [0.2, 0.25) is 5.02 Å². The fraction of sp³-hybridized carbons (Fsp3) is 0.214. The number of ether oxygens (including phenoxy) is 2. The second kappa shape index (κ2) is 14.8. The number of aromatic nitrogens is 3. The number of carboxylic acids is 1. The highest BCUT2D eigenvalue weighted by molar-refractivity contribution is 7.25. The molecule has 4 N–H and O–H groups in total. The number of rotatable bonds is 11. The lowest BCUT2D eigenvalue weighted by Gasteiger charge is -2.11. The highest BCUT2D eigenvalue weighted by Gasteiger charge is 2.38. The van der Waals surface area contributed by atoms with Gasteiger partial charge >= 0.3 is 12.1 Å². The van der Waals surface area contributed by atoms with Gasteiger partial charge in [0, 0.05) is 34.2 Å². The fourth-order valence-corrected chi connectivity index (χ4v) is 5.03. The van der Waals surface area contributed by atoms with E-state index in [9.17, 15) is 13.2 Å². The Balaban J connectivity index is 0.000000541. The lowest BCUT2D eigenvalue weighted by molar-refractivity contribution is -0.192. The van der Waals surface area contributed by atoms with Crippen molar-refractivity contribution in [2.24, 2.45) is 0 Å². The second-order valence-corrected chi connectivity index (χ2v) is 10.1. The third-order valence-corrected chi connectivity index (χ3v) is 6.98. The Labute approximate surface area is 252 Å². The molecule has 0 aliphatic heterocycles. The van der Waals surface area contributed by atoms with Crippen molar-refractivity contribution < 1.29 is 37.7 Å². The summed E-state index contributed by atoms with van der Waals surface area (Å²) in [5.41, 5.74) is 2.62. The number of alkyl halides is 3. The number of carboxylic acid groups (broad SMARTS) is 1. The van der Waals surface area contributed by atoms with Crippen molar-refractivity contribution >= 4 is 66.4 Å². The van der Waals surface area contributed by atoms with Crippen LogP contribution in [0.25, 0.3) is 20.3 Å². The van der Waals surface area contributed by atoms with Gasteiger partial charge < -0.3 is 30.3 Å². The van der Waals surface area contributed by atoms with Gasteiger partial charge in [-0.3, -0.25) is 4.98 Å². The van der Waals surface area contributed by atoms with E-state index in [1.54, 1.807) is 23.9 Å². The number of thiophene rings is 1. The maximum absolute atomic E-state index is 10.6. The van der Waals surface area contributed by atoms with Gasteiger partial charge in [-0.15, -0.1) is 11.3 Å². The molecule has 5 rings (SSSR count). The number of carbonyl (C=O) groups is 1. The topological polar surface area (TPSA) is 139 Å². The van der Waals surface area contributed by atoms with Crippen LogP contribution in [0.15, 0.2) is 67.1 Å². The molecule has 43 heavy (non-hydrogen) atoms. The predicted octanol–water partition coefficient (Wildman–Crippen LogP) is 6.27. The first-order valence-corrected chi connectivity index (χ1v) is 13.8. The molecule has 226 valence electrons. The Morgan fingerprint density at radius 1 is 1.02 bits per heavy atom. The molecular weight excluding hydrogens is 611 g/mol. The summed E-state index contributed by atoms with van der Waals surface area (Å²) < 4.78 is 44.0. The lowest BCUT2D eigenvalue weighted by atomic mass is 10.2. The van der Waals surface area contributed by atoms with Gasteiger partial charge in [-0.25, -0.2) is 14.8 Å². The van der Waals surface area contributed by atoms with Gasteiger partial charge in [-0.2, -0.15) is 13.2 Å². The Bertz CT molecular complexity index is 1670. The summed E-state index contributed by atoms with van der Waals surface area (Å²) in [5, 5.41) is 25.2. The molecule has 3 aromatic heterocycles. The number of hydrogen-bond acceptors (Lipinski definition) is 10. The Morgan fingerprint density at radius 2 is 1.81 bits per heavy atom. The van der Waals surface area contributed by atoms with Crippen LogP contribution in [0.1, 0.15) is 5.69 Å². The van der Waals surface area contributed by atoms with E-state index in [1.165, 1.54) is 0 Å². The van der Waals surface area contributed by atoms with Crippen LogP contribution in [-0.4, -0.2) is 63.7 Å². The van der Waals surface area contributed by atoms with Crippen LogP contribution in [0.4, 0.5) is 30.4 Å². The number of nitrogens with one attached hydrogen (secondary N) is 2. The number of aliphatic carboxylic acids is 1. The van der Waals surface area contributed by atoms with E-state index in [0.717, 1.165) is 37.4 Å².